The Kier molecular flexibility index (Phi) is 5.46. The molecule has 4 nitrogen and oxygen atoms in total. The van der Waals surface area contributed by atoms with Crippen molar-refractivity contribution in [2.75, 3.05) is 0 Å². The van der Waals surface area contributed by atoms with Gasteiger partial charge in [0.25, 0.3) is 0 Å². The summed E-state index contributed by atoms with van der Waals surface area (Å²) in [4.78, 5) is 16.7. The van der Waals surface area contributed by atoms with E-state index < -0.39 is 0 Å². The van der Waals surface area contributed by atoms with E-state index >= 15 is 0 Å². The lowest BCUT2D eigenvalue weighted by atomic mass is 10.2. The smallest absolute Gasteiger partial charge is 0.244 e. The average molecular weight is 396 g/mol. The van der Waals surface area contributed by atoms with Crippen molar-refractivity contribution in [1.29, 1.82) is 0 Å². The average Bonchev–Trinajstić information content (AvgIpc) is 2.96. The van der Waals surface area contributed by atoms with Gasteiger partial charge in [-0.15, -0.1) is 0 Å². The largest absolute Gasteiger partial charge is 0.345 e. The first-order valence-corrected chi connectivity index (χ1v) is 8.71. The molecule has 126 valence electrons. The van der Waals surface area contributed by atoms with Gasteiger partial charge in [-0.2, -0.15) is 0 Å². The molecule has 1 amide bonds. The van der Waals surface area contributed by atoms with Crippen molar-refractivity contribution in [3.05, 3.63) is 83.1 Å². The topological polar surface area (TPSA) is 46.9 Å². The number of nitrogens with one attached hydrogen (secondary N) is 1. The molecule has 25 heavy (non-hydrogen) atoms. The van der Waals surface area contributed by atoms with Crippen LogP contribution in [0.5, 0.6) is 0 Å². The van der Waals surface area contributed by atoms with E-state index in [9.17, 15) is 4.79 Å². The number of para-hydroxylation sites is 2. The summed E-state index contributed by atoms with van der Waals surface area (Å²) in [6, 6.07) is 17.6. The molecular weight excluding hydrogens is 378 g/mol. The number of amides is 1. The van der Waals surface area contributed by atoms with Crippen molar-refractivity contribution in [2.45, 2.75) is 13.1 Å². The summed E-state index contributed by atoms with van der Waals surface area (Å²) in [7, 11) is 0. The Morgan fingerprint density at radius 3 is 2.64 bits per heavy atom. The van der Waals surface area contributed by atoms with Gasteiger partial charge in [0.2, 0.25) is 5.91 Å². The number of carbonyl (C=O) groups excluding carboxylic acids is 1. The van der Waals surface area contributed by atoms with Gasteiger partial charge in [0.1, 0.15) is 5.82 Å². The fraction of sp³-hybridized carbons (Fsp3) is 0.100. The molecule has 0 fully saturated rings. The molecule has 0 radical (unpaired) electrons. The number of hydrogen-bond acceptors (Lipinski definition) is 2. The van der Waals surface area contributed by atoms with Gasteiger partial charge in [-0.1, -0.05) is 65.0 Å². The lowest BCUT2D eigenvalue weighted by Crippen LogP contribution is -2.22. The number of imidazole rings is 1. The van der Waals surface area contributed by atoms with Gasteiger partial charge < -0.3 is 9.88 Å². The van der Waals surface area contributed by atoms with Crippen molar-refractivity contribution >= 4 is 38.9 Å². The number of rotatable bonds is 6. The number of fused-ring (bicyclic) bond motifs is 1. The maximum Gasteiger partial charge on any atom is 0.244 e. The van der Waals surface area contributed by atoms with Gasteiger partial charge in [0.05, 0.1) is 24.1 Å². The van der Waals surface area contributed by atoms with Crippen molar-refractivity contribution in [2.24, 2.45) is 0 Å². The highest BCUT2D eigenvalue weighted by Gasteiger charge is 2.11. The first-order chi connectivity index (χ1) is 12.1. The van der Waals surface area contributed by atoms with Crippen LogP contribution in [0.4, 0.5) is 0 Å². The molecule has 0 aliphatic carbocycles. The summed E-state index contributed by atoms with van der Waals surface area (Å²) in [6.07, 6.45) is 3.32. The number of aromatic nitrogens is 2. The van der Waals surface area contributed by atoms with Crippen molar-refractivity contribution in [1.82, 2.24) is 14.9 Å². The molecule has 0 aliphatic heterocycles. The third-order valence-electron chi connectivity index (χ3n) is 3.71. The summed E-state index contributed by atoms with van der Waals surface area (Å²) < 4.78 is 2.90. The van der Waals surface area contributed by atoms with Crippen LogP contribution in [0.3, 0.4) is 0 Å². The third kappa shape index (κ3) is 4.45. The van der Waals surface area contributed by atoms with E-state index in [4.69, 9.17) is 0 Å². The summed E-state index contributed by atoms with van der Waals surface area (Å²) in [5.74, 6) is 0.642. The van der Waals surface area contributed by atoms with Crippen molar-refractivity contribution < 1.29 is 4.79 Å². The number of nitrogens with zero attached hydrogens (tertiary/aromatic N) is 2. The Labute approximate surface area is 155 Å². The third-order valence-corrected chi connectivity index (χ3v) is 3.96. The number of hydrogen-bond donors (Lipinski definition) is 1. The fourth-order valence-electron chi connectivity index (χ4n) is 2.57. The summed E-state index contributed by atoms with van der Waals surface area (Å²) >= 11 is 3.40. The molecule has 0 aliphatic rings. The van der Waals surface area contributed by atoms with Crippen LogP contribution in [0.15, 0.2) is 71.7 Å². The number of benzene rings is 2. The van der Waals surface area contributed by atoms with Gasteiger partial charge in [-0.3, -0.25) is 4.79 Å². The van der Waals surface area contributed by atoms with E-state index in [0.717, 1.165) is 26.9 Å². The maximum absolute atomic E-state index is 12.1. The Morgan fingerprint density at radius 2 is 1.88 bits per heavy atom. The van der Waals surface area contributed by atoms with Gasteiger partial charge in [0, 0.05) is 10.6 Å². The summed E-state index contributed by atoms with van der Waals surface area (Å²) in [5.41, 5.74) is 2.91. The Balaban J connectivity index is 1.73. The second-order valence-corrected chi connectivity index (χ2v) is 6.70. The molecule has 0 spiro atoms. The zero-order valence-corrected chi connectivity index (χ0v) is 15.2. The van der Waals surface area contributed by atoms with E-state index in [1.54, 1.807) is 6.08 Å². The second kappa shape index (κ2) is 7.94. The zero-order chi connectivity index (χ0) is 17.6. The first-order valence-electron chi connectivity index (χ1n) is 7.92. The molecule has 3 aromatic rings. The van der Waals surface area contributed by atoms with Crippen LogP contribution < -0.4 is 5.32 Å². The van der Waals surface area contributed by atoms with Crippen LogP contribution >= 0.6 is 15.9 Å². The van der Waals surface area contributed by atoms with Crippen LogP contribution in [-0.4, -0.2) is 15.5 Å². The molecule has 1 N–H and O–H groups in total. The van der Waals surface area contributed by atoms with E-state index in [-0.39, 0.29) is 5.91 Å². The molecule has 3 rings (SSSR count). The van der Waals surface area contributed by atoms with Gasteiger partial charge in [-0.25, -0.2) is 4.98 Å². The van der Waals surface area contributed by atoms with Gasteiger partial charge in [0.15, 0.2) is 0 Å². The summed E-state index contributed by atoms with van der Waals surface area (Å²) in [6.45, 7) is 4.86. The highest BCUT2D eigenvalue weighted by Crippen LogP contribution is 2.18. The van der Waals surface area contributed by atoms with Gasteiger partial charge in [-0.05, 0) is 23.8 Å². The number of halogens is 1. The molecule has 0 atom stereocenters. The normalized spacial score (nSPS) is 11.1. The van der Waals surface area contributed by atoms with E-state index in [1.807, 2.05) is 59.2 Å². The minimum Gasteiger partial charge on any atom is -0.345 e. The molecule has 0 bridgehead atoms. The molecule has 1 aromatic heterocycles. The first kappa shape index (κ1) is 17.2. The fourth-order valence-corrected chi connectivity index (χ4v) is 2.82. The molecule has 5 heteroatoms. The maximum atomic E-state index is 12.1. The van der Waals surface area contributed by atoms with Gasteiger partial charge >= 0.3 is 0 Å². The predicted molar refractivity (Wildman–Crippen MR) is 105 cm³/mol. The van der Waals surface area contributed by atoms with Crippen LogP contribution in [0.1, 0.15) is 11.4 Å². The van der Waals surface area contributed by atoms with E-state index in [0.29, 0.717) is 13.1 Å². The standard InChI is InChI=1S/C20H18BrN3O/c1-15(21)14-24-18-10-6-5-9-17(18)23-19(24)13-22-20(25)12-11-16-7-3-2-4-8-16/h2-12H,1,13-14H2,(H,22,25)/b12-11-. The SMILES string of the molecule is C=C(Br)Cn1c(CNC(=O)/C=C\c2ccccc2)nc2ccccc21. The minimum absolute atomic E-state index is 0.153. The quantitative estimate of drug-likeness (QED) is 0.633. The molecule has 0 saturated heterocycles. The van der Waals surface area contributed by atoms with Crippen LogP contribution in [0, 0.1) is 0 Å². The van der Waals surface area contributed by atoms with E-state index in [2.05, 4.69) is 32.8 Å². The minimum atomic E-state index is -0.153. The second-order valence-electron chi connectivity index (χ2n) is 5.58. The lowest BCUT2D eigenvalue weighted by Gasteiger charge is -2.08. The van der Waals surface area contributed by atoms with Crippen LogP contribution in [0.2, 0.25) is 0 Å². The van der Waals surface area contributed by atoms with Crippen LogP contribution in [-0.2, 0) is 17.9 Å². The van der Waals surface area contributed by atoms with Crippen LogP contribution in [0.25, 0.3) is 17.1 Å². The lowest BCUT2D eigenvalue weighted by molar-refractivity contribution is -0.116. The molecule has 0 unspecified atom stereocenters. The van der Waals surface area contributed by atoms with E-state index in [1.165, 1.54) is 6.08 Å². The number of allylic oxidation sites excluding steroid dienone is 1. The molecule has 0 saturated carbocycles. The highest BCUT2D eigenvalue weighted by atomic mass is 79.9. The molecule has 1 heterocycles. The number of carbonyl (C=O) groups is 1. The Hall–Kier alpha value is -2.66. The van der Waals surface area contributed by atoms with Crippen molar-refractivity contribution in [3.63, 3.8) is 0 Å². The highest BCUT2D eigenvalue weighted by molar-refractivity contribution is 9.11. The Morgan fingerprint density at radius 1 is 1.16 bits per heavy atom. The molecule has 2 aromatic carbocycles. The Bertz CT molecular complexity index is 929. The predicted octanol–water partition coefficient (Wildman–Crippen LogP) is 4.27. The van der Waals surface area contributed by atoms with Crippen molar-refractivity contribution in [3.8, 4) is 0 Å². The summed E-state index contributed by atoms with van der Waals surface area (Å²) in [5, 5.41) is 2.89. The monoisotopic (exact) mass is 395 g/mol. The molecular formula is C20H18BrN3O. The zero-order valence-electron chi connectivity index (χ0n) is 13.7.